The Kier molecular flexibility index (Phi) is 4.52. The minimum Gasteiger partial charge on any atom is -0.379 e. The lowest BCUT2D eigenvalue weighted by atomic mass is 10.1. The van der Waals surface area contributed by atoms with Crippen LogP contribution in [0.25, 0.3) is 0 Å². The maximum Gasteiger partial charge on any atom is 0.295 e. The van der Waals surface area contributed by atoms with Crippen molar-refractivity contribution in [2.75, 3.05) is 11.9 Å². The van der Waals surface area contributed by atoms with Crippen molar-refractivity contribution in [1.29, 1.82) is 0 Å². The molecule has 2 N–H and O–H groups in total. The van der Waals surface area contributed by atoms with Gasteiger partial charge in [0.2, 0.25) is 0 Å². The van der Waals surface area contributed by atoms with Gasteiger partial charge in [-0.2, -0.15) is 5.10 Å². The van der Waals surface area contributed by atoms with Crippen LogP contribution in [0.3, 0.4) is 0 Å². The molecule has 6 nitrogen and oxygen atoms in total. The number of benzene rings is 1. The molecule has 0 aliphatic rings. The first-order valence-corrected chi connectivity index (χ1v) is 6.66. The van der Waals surface area contributed by atoms with Crippen LogP contribution in [0, 0.1) is 29.8 Å². The molecule has 0 saturated carbocycles. The molecular weight excluding hydrogens is 275 g/mol. The van der Waals surface area contributed by atoms with Crippen LogP contribution in [0.15, 0.2) is 18.3 Å². The molecule has 0 unspecified atom stereocenters. The summed E-state index contributed by atoms with van der Waals surface area (Å²) in [5.74, 6) is -0.568. The molecule has 0 fully saturated rings. The molecule has 0 aliphatic heterocycles. The highest BCUT2D eigenvalue weighted by Gasteiger charge is 2.16. The van der Waals surface area contributed by atoms with Gasteiger partial charge >= 0.3 is 0 Å². The third kappa shape index (κ3) is 3.56. The second-order valence-corrected chi connectivity index (χ2v) is 4.93. The Labute approximate surface area is 121 Å². The topological polar surface area (TPSA) is 83.8 Å². The van der Waals surface area contributed by atoms with E-state index >= 15 is 0 Å². The van der Waals surface area contributed by atoms with E-state index in [9.17, 15) is 14.5 Å². The number of hydrogen-bond acceptors (Lipinski definition) is 4. The van der Waals surface area contributed by atoms with E-state index < -0.39 is 10.7 Å². The first kappa shape index (κ1) is 15.0. The van der Waals surface area contributed by atoms with Crippen LogP contribution in [0.2, 0.25) is 0 Å². The Morgan fingerprint density at radius 2 is 2.19 bits per heavy atom. The van der Waals surface area contributed by atoms with Crippen molar-refractivity contribution in [3.05, 3.63) is 51.1 Å². The third-order valence-corrected chi connectivity index (χ3v) is 3.35. The maximum absolute atomic E-state index is 13.4. The SMILES string of the molecule is Cc1cc(NCCCc2cn[nH]c2C)c([N+](=O)[O-])cc1F. The van der Waals surface area contributed by atoms with Gasteiger partial charge in [0, 0.05) is 12.2 Å². The fourth-order valence-electron chi connectivity index (χ4n) is 2.09. The van der Waals surface area contributed by atoms with Crippen LogP contribution in [0.5, 0.6) is 0 Å². The van der Waals surface area contributed by atoms with Crippen LogP contribution in [0.4, 0.5) is 15.8 Å². The van der Waals surface area contributed by atoms with Gasteiger partial charge in [0.05, 0.1) is 17.2 Å². The van der Waals surface area contributed by atoms with Crippen LogP contribution in [0.1, 0.15) is 23.2 Å². The van der Waals surface area contributed by atoms with Crippen LogP contribution < -0.4 is 5.32 Å². The summed E-state index contributed by atoms with van der Waals surface area (Å²) >= 11 is 0. The quantitative estimate of drug-likeness (QED) is 0.487. The summed E-state index contributed by atoms with van der Waals surface area (Å²) in [6.45, 7) is 4.10. The van der Waals surface area contributed by atoms with E-state index in [4.69, 9.17) is 0 Å². The summed E-state index contributed by atoms with van der Waals surface area (Å²) in [5.41, 5.74) is 2.65. The van der Waals surface area contributed by atoms with Crippen LogP contribution in [-0.2, 0) is 6.42 Å². The Morgan fingerprint density at radius 3 is 2.81 bits per heavy atom. The molecule has 1 aromatic heterocycles. The zero-order valence-corrected chi connectivity index (χ0v) is 11.9. The van der Waals surface area contributed by atoms with Crippen molar-refractivity contribution in [3.63, 3.8) is 0 Å². The number of nitro benzene ring substituents is 1. The minimum absolute atomic E-state index is 0.238. The standard InChI is InChI=1S/C14H17FN4O2/c1-9-6-13(14(19(20)21)7-12(9)15)16-5-3-4-11-8-17-18-10(11)2/h6-8,16H,3-5H2,1-2H3,(H,17,18). The van der Waals surface area contributed by atoms with E-state index in [1.54, 1.807) is 13.1 Å². The Bertz CT molecular complexity index is 654. The summed E-state index contributed by atoms with van der Waals surface area (Å²) in [5, 5.41) is 20.7. The number of aromatic nitrogens is 2. The predicted molar refractivity (Wildman–Crippen MR) is 77.9 cm³/mol. The zero-order chi connectivity index (χ0) is 15.4. The number of H-pyrrole nitrogens is 1. The van der Waals surface area contributed by atoms with E-state index in [-0.39, 0.29) is 5.69 Å². The van der Waals surface area contributed by atoms with Gasteiger partial charge in [0.25, 0.3) is 5.69 Å². The molecule has 2 rings (SSSR count). The molecule has 21 heavy (non-hydrogen) atoms. The number of nitrogens with one attached hydrogen (secondary N) is 2. The highest BCUT2D eigenvalue weighted by molar-refractivity contribution is 5.63. The van der Waals surface area contributed by atoms with Crippen molar-refractivity contribution < 1.29 is 9.31 Å². The van der Waals surface area contributed by atoms with E-state index in [2.05, 4.69) is 15.5 Å². The van der Waals surface area contributed by atoms with Gasteiger partial charge < -0.3 is 5.32 Å². The largest absolute Gasteiger partial charge is 0.379 e. The zero-order valence-electron chi connectivity index (χ0n) is 11.9. The smallest absolute Gasteiger partial charge is 0.295 e. The first-order chi connectivity index (χ1) is 9.99. The minimum atomic E-state index is -0.578. The summed E-state index contributed by atoms with van der Waals surface area (Å²) < 4.78 is 13.4. The normalized spacial score (nSPS) is 10.6. The highest BCUT2D eigenvalue weighted by atomic mass is 19.1. The Morgan fingerprint density at radius 1 is 1.43 bits per heavy atom. The molecule has 0 radical (unpaired) electrons. The predicted octanol–water partition coefficient (Wildman–Crippen LogP) is 3.12. The van der Waals surface area contributed by atoms with Gasteiger partial charge in [0.1, 0.15) is 11.5 Å². The van der Waals surface area contributed by atoms with Crippen molar-refractivity contribution in [3.8, 4) is 0 Å². The molecule has 1 aromatic carbocycles. The second kappa shape index (κ2) is 6.34. The van der Waals surface area contributed by atoms with E-state index in [1.807, 2.05) is 6.92 Å². The molecule has 0 spiro atoms. The summed E-state index contributed by atoms with van der Waals surface area (Å²) in [4.78, 5) is 10.4. The Hall–Kier alpha value is -2.44. The third-order valence-electron chi connectivity index (χ3n) is 3.35. The summed E-state index contributed by atoms with van der Waals surface area (Å²) in [6.07, 6.45) is 3.40. The monoisotopic (exact) mass is 292 g/mol. The molecule has 0 amide bonds. The number of anilines is 1. The second-order valence-electron chi connectivity index (χ2n) is 4.93. The highest BCUT2D eigenvalue weighted by Crippen LogP contribution is 2.27. The van der Waals surface area contributed by atoms with Gasteiger partial charge in [-0.1, -0.05) is 0 Å². The number of nitrogens with zero attached hydrogens (tertiary/aromatic N) is 2. The molecule has 7 heteroatoms. The van der Waals surface area contributed by atoms with Gasteiger partial charge in [-0.15, -0.1) is 0 Å². The molecule has 2 aromatic rings. The molecular formula is C14H17FN4O2. The van der Waals surface area contributed by atoms with E-state index in [0.29, 0.717) is 17.8 Å². The number of nitro groups is 1. The number of hydrogen-bond donors (Lipinski definition) is 2. The molecule has 1 heterocycles. The first-order valence-electron chi connectivity index (χ1n) is 6.66. The van der Waals surface area contributed by atoms with Gasteiger partial charge in [-0.05, 0) is 43.9 Å². The lowest BCUT2D eigenvalue weighted by Gasteiger charge is -2.08. The van der Waals surface area contributed by atoms with E-state index in [0.717, 1.165) is 30.2 Å². The molecule has 0 aliphatic carbocycles. The van der Waals surface area contributed by atoms with Crippen molar-refractivity contribution >= 4 is 11.4 Å². The lowest BCUT2D eigenvalue weighted by molar-refractivity contribution is -0.384. The average Bonchev–Trinajstić information content (AvgIpc) is 2.83. The maximum atomic E-state index is 13.4. The summed E-state index contributed by atoms with van der Waals surface area (Å²) in [7, 11) is 0. The van der Waals surface area contributed by atoms with Crippen molar-refractivity contribution in [2.24, 2.45) is 0 Å². The molecule has 0 bridgehead atoms. The summed E-state index contributed by atoms with van der Waals surface area (Å²) in [6, 6.07) is 2.43. The van der Waals surface area contributed by atoms with E-state index in [1.165, 1.54) is 6.07 Å². The number of halogens is 1. The van der Waals surface area contributed by atoms with Crippen LogP contribution in [-0.4, -0.2) is 21.7 Å². The fourth-order valence-corrected chi connectivity index (χ4v) is 2.09. The molecule has 112 valence electrons. The fraction of sp³-hybridized carbons (Fsp3) is 0.357. The average molecular weight is 292 g/mol. The van der Waals surface area contributed by atoms with Gasteiger partial charge in [0.15, 0.2) is 0 Å². The van der Waals surface area contributed by atoms with Gasteiger partial charge in [-0.3, -0.25) is 15.2 Å². The van der Waals surface area contributed by atoms with Crippen LogP contribution >= 0.6 is 0 Å². The number of rotatable bonds is 6. The van der Waals surface area contributed by atoms with Gasteiger partial charge in [-0.25, -0.2) is 4.39 Å². The van der Waals surface area contributed by atoms with Crippen molar-refractivity contribution in [2.45, 2.75) is 26.7 Å². The molecule has 0 saturated heterocycles. The number of aromatic amines is 1. The Balaban J connectivity index is 1.98. The lowest BCUT2D eigenvalue weighted by Crippen LogP contribution is -2.06. The van der Waals surface area contributed by atoms with Crippen molar-refractivity contribution in [1.82, 2.24) is 10.2 Å². The molecule has 0 atom stereocenters. The number of aryl methyl sites for hydroxylation is 3.